The topological polar surface area (TPSA) is 133 Å². The van der Waals surface area contributed by atoms with Crippen molar-refractivity contribution in [3.8, 4) is 22.7 Å². The average Bonchev–Trinajstić information content (AvgIpc) is 3.54. The molecule has 44 heavy (non-hydrogen) atoms. The lowest BCUT2D eigenvalue weighted by molar-refractivity contribution is 0.0827. The van der Waals surface area contributed by atoms with E-state index in [9.17, 15) is 14.7 Å². The minimum atomic E-state index is -0.407. The summed E-state index contributed by atoms with van der Waals surface area (Å²) in [5.74, 6) is 2.42. The van der Waals surface area contributed by atoms with Gasteiger partial charge in [-0.25, -0.2) is 14.8 Å². The summed E-state index contributed by atoms with van der Waals surface area (Å²) in [5.41, 5.74) is 4.10. The highest BCUT2D eigenvalue weighted by molar-refractivity contribution is 6.00. The van der Waals surface area contributed by atoms with Crippen molar-refractivity contribution < 1.29 is 23.8 Å². The predicted molar refractivity (Wildman–Crippen MR) is 169 cm³/mol. The van der Waals surface area contributed by atoms with Gasteiger partial charge in [-0.1, -0.05) is 6.07 Å². The van der Waals surface area contributed by atoms with Crippen molar-refractivity contribution in [3.63, 3.8) is 0 Å². The van der Waals surface area contributed by atoms with Gasteiger partial charge in [-0.15, -0.1) is 0 Å². The number of rotatable bonds is 7. The minimum absolute atomic E-state index is 0.108. The quantitative estimate of drug-likeness (QED) is 0.234. The third-order valence-corrected chi connectivity index (χ3v) is 7.29. The third-order valence-electron chi connectivity index (χ3n) is 7.29. The number of ether oxygens (including phenoxy) is 1. The number of hydrogen-bond acceptors (Lipinski definition) is 8. The molecular weight excluding hydrogens is 560 g/mol. The van der Waals surface area contributed by atoms with E-state index in [1.54, 1.807) is 56.6 Å². The van der Waals surface area contributed by atoms with E-state index in [1.807, 2.05) is 36.4 Å². The Balaban J connectivity index is 1.23. The summed E-state index contributed by atoms with van der Waals surface area (Å²) < 4.78 is 11.3. The van der Waals surface area contributed by atoms with Crippen molar-refractivity contribution in [2.75, 3.05) is 55.9 Å². The van der Waals surface area contributed by atoms with E-state index in [1.165, 1.54) is 4.90 Å². The van der Waals surface area contributed by atoms with Crippen LogP contribution in [0.25, 0.3) is 33.6 Å². The molecule has 0 bridgehead atoms. The highest BCUT2D eigenvalue weighted by Gasteiger charge is 2.19. The van der Waals surface area contributed by atoms with Gasteiger partial charge < -0.3 is 34.7 Å². The number of aliphatic hydroxyl groups excluding tert-OH is 1. The maximum absolute atomic E-state index is 12.6. The summed E-state index contributed by atoms with van der Waals surface area (Å²) in [7, 11) is 3.38. The Labute approximate surface area is 254 Å². The van der Waals surface area contributed by atoms with Crippen LogP contribution in [0.15, 0.2) is 83.3 Å². The Hall–Kier alpha value is -5.26. The molecule has 224 valence electrons. The van der Waals surface area contributed by atoms with Gasteiger partial charge in [-0.2, -0.15) is 0 Å². The summed E-state index contributed by atoms with van der Waals surface area (Å²) in [5, 5.41) is 16.0. The number of carbonyl (C=O) groups is 2. The van der Waals surface area contributed by atoms with Crippen LogP contribution in [0, 0.1) is 0 Å². The third kappa shape index (κ3) is 6.24. The summed E-state index contributed by atoms with van der Waals surface area (Å²) in [6, 6.07) is 23.2. The lowest BCUT2D eigenvalue weighted by atomic mass is 10.1. The number of benzene rings is 3. The van der Waals surface area contributed by atoms with Crippen molar-refractivity contribution in [2.45, 2.75) is 6.61 Å². The molecule has 5 aromatic rings. The molecule has 6 rings (SSSR count). The van der Waals surface area contributed by atoms with Gasteiger partial charge in [-0.3, -0.25) is 4.79 Å². The Bertz CT molecular complexity index is 1790. The molecule has 11 nitrogen and oxygen atoms in total. The van der Waals surface area contributed by atoms with Crippen LogP contribution in [0.1, 0.15) is 16.1 Å². The SMILES string of the molecule is CN(C)C(=O)c1ccc(NC(=O)Nc2ccc(-c3nc(N4CCOCC4)c4ccc(-c5ccc(CO)o5)cc4n3)cc2)cc1. The van der Waals surface area contributed by atoms with Crippen molar-refractivity contribution in [1.29, 1.82) is 0 Å². The van der Waals surface area contributed by atoms with Crippen LogP contribution in [0.5, 0.6) is 0 Å². The zero-order valence-electron chi connectivity index (χ0n) is 24.4. The second-order valence-corrected chi connectivity index (χ2v) is 10.6. The smallest absolute Gasteiger partial charge is 0.323 e. The number of anilines is 3. The molecule has 2 aromatic heterocycles. The number of morpholine rings is 1. The Morgan fingerprint density at radius 1 is 0.864 bits per heavy atom. The van der Waals surface area contributed by atoms with E-state index >= 15 is 0 Å². The Morgan fingerprint density at radius 3 is 2.16 bits per heavy atom. The Morgan fingerprint density at radius 2 is 1.52 bits per heavy atom. The number of hydrogen-bond donors (Lipinski definition) is 3. The molecule has 1 fully saturated rings. The van der Waals surface area contributed by atoms with Crippen LogP contribution in [-0.2, 0) is 11.3 Å². The average molecular weight is 593 g/mol. The second kappa shape index (κ2) is 12.5. The van der Waals surface area contributed by atoms with Crippen LogP contribution in [0.4, 0.5) is 22.0 Å². The van der Waals surface area contributed by atoms with Gasteiger partial charge >= 0.3 is 6.03 Å². The first kappa shape index (κ1) is 28.8. The van der Waals surface area contributed by atoms with Crippen LogP contribution in [-0.4, -0.2) is 72.3 Å². The second-order valence-electron chi connectivity index (χ2n) is 10.6. The molecule has 3 amide bonds. The normalized spacial score (nSPS) is 13.1. The predicted octanol–water partition coefficient (Wildman–Crippen LogP) is 5.23. The first-order valence-corrected chi connectivity index (χ1v) is 14.2. The zero-order chi connectivity index (χ0) is 30.6. The van der Waals surface area contributed by atoms with E-state index in [2.05, 4.69) is 15.5 Å². The maximum atomic E-state index is 12.6. The highest BCUT2D eigenvalue weighted by atomic mass is 16.5. The molecule has 1 aliphatic heterocycles. The van der Waals surface area contributed by atoms with Gasteiger partial charge in [0.25, 0.3) is 5.91 Å². The standard InChI is InChI=1S/C33H32N6O5/c1-38(2)32(41)22-5-10-25(11-6-22)35-33(42)34-24-8-3-21(4-9-24)30-36-28-19-23(29-14-12-26(20-40)44-29)7-13-27(28)31(37-30)39-15-17-43-18-16-39/h3-14,19,40H,15-18,20H2,1-2H3,(H2,34,35,42). The maximum Gasteiger partial charge on any atom is 0.323 e. The van der Waals surface area contributed by atoms with Crippen LogP contribution in [0.2, 0.25) is 0 Å². The van der Waals surface area contributed by atoms with Gasteiger partial charge in [0.15, 0.2) is 5.82 Å². The van der Waals surface area contributed by atoms with E-state index in [0.717, 1.165) is 40.9 Å². The number of nitrogens with one attached hydrogen (secondary N) is 2. The number of aliphatic hydroxyl groups is 1. The van der Waals surface area contributed by atoms with Crippen LogP contribution >= 0.6 is 0 Å². The summed E-state index contributed by atoms with van der Waals surface area (Å²) in [6.45, 7) is 2.52. The fourth-order valence-electron chi connectivity index (χ4n) is 4.98. The molecule has 0 spiro atoms. The molecule has 3 aromatic carbocycles. The molecule has 0 aliphatic carbocycles. The van der Waals surface area contributed by atoms with Gasteiger partial charge in [0.05, 0.1) is 18.7 Å². The fourth-order valence-corrected chi connectivity index (χ4v) is 4.98. The minimum Gasteiger partial charge on any atom is -0.459 e. The number of urea groups is 1. The number of aromatic nitrogens is 2. The van der Waals surface area contributed by atoms with Crippen LogP contribution in [0.3, 0.4) is 0 Å². The van der Waals surface area contributed by atoms with Crippen LogP contribution < -0.4 is 15.5 Å². The molecule has 3 heterocycles. The molecule has 1 saturated heterocycles. The van der Waals surface area contributed by atoms with E-state index in [-0.39, 0.29) is 12.5 Å². The summed E-state index contributed by atoms with van der Waals surface area (Å²) >= 11 is 0. The molecule has 0 unspecified atom stereocenters. The van der Waals surface area contributed by atoms with Gasteiger partial charge in [0.1, 0.15) is 23.9 Å². The molecule has 3 N–H and O–H groups in total. The molecule has 11 heteroatoms. The summed E-state index contributed by atoms with van der Waals surface area (Å²) in [4.78, 5) is 38.3. The number of furan rings is 1. The first-order chi connectivity index (χ1) is 21.4. The van der Waals surface area contributed by atoms with Gasteiger partial charge in [0.2, 0.25) is 0 Å². The summed E-state index contributed by atoms with van der Waals surface area (Å²) in [6.07, 6.45) is 0. The van der Waals surface area contributed by atoms with E-state index in [0.29, 0.717) is 47.5 Å². The molecule has 0 atom stereocenters. The van der Waals surface area contributed by atoms with Gasteiger partial charge in [-0.05, 0) is 72.8 Å². The zero-order valence-corrected chi connectivity index (χ0v) is 24.4. The number of carbonyl (C=O) groups excluding carboxylic acids is 2. The number of amides is 3. The molecule has 0 radical (unpaired) electrons. The van der Waals surface area contributed by atoms with Crippen molar-refractivity contribution in [1.82, 2.24) is 14.9 Å². The van der Waals surface area contributed by atoms with Gasteiger partial charge in [0, 0.05) is 60.6 Å². The fraction of sp³-hybridized carbons (Fsp3) is 0.212. The van der Waals surface area contributed by atoms with Crippen molar-refractivity contribution in [2.24, 2.45) is 0 Å². The van der Waals surface area contributed by atoms with E-state index in [4.69, 9.17) is 19.1 Å². The lowest BCUT2D eigenvalue weighted by Gasteiger charge is -2.29. The monoisotopic (exact) mass is 592 g/mol. The molecule has 0 saturated carbocycles. The van der Waals surface area contributed by atoms with E-state index < -0.39 is 6.03 Å². The first-order valence-electron chi connectivity index (χ1n) is 14.2. The Kier molecular flexibility index (Phi) is 8.22. The lowest BCUT2D eigenvalue weighted by Crippen LogP contribution is -2.37. The highest BCUT2D eigenvalue weighted by Crippen LogP contribution is 2.32. The number of nitrogens with zero attached hydrogens (tertiary/aromatic N) is 4. The van der Waals surface area contributed by atoms with Crippen molar-refractivity contribution >= 4 is 40.0 Å². The number of fused-ring (bicyclic) bond motifs is 1. The van der Waals surface area contributed by atoms with Crippen molar-refractivity contribution in [3.05, 3.63) is 90.2 Å². The molecular formula is C33H32N6O5. The largest absolute Gasteiger partial charge is 0.459 e. The molecule has 1 aliphatic rings.